The summed E-state index contributed by atoms with van der Waals surface area (Å²) in [5.41, 5.74) is -0.522. The summed E-state index contributed by atoms with van der Waals surface area (Å²) in [5.74, 6) is 0.473. The summed E-state index contributed by atoms with van der Waals surface area (Å²) in [6, 6.07) is -0.144. The van der Waals surface area contributed by atoms with Crippen LogP contribution in [0.25, 0.3) is 0 Å². The molecule has 1 unspecified atom stereocenters. The fourth-order valence-electron chi connectivity index (χ4n) is 2.62. The predicted octanol–water partition coefficient (Wildman–Crippen LogP) is 0.536. The summed E-state index contributed by atoms with van der Waals surface area (Å²) in [6.07, 6.45) is 0.807. The lowest BCUT2D eigenvalue weighted by Gasteiger charge is -2.42. The van der Waals surface area contributed by atoms with Gasteiger partial charge < -0.3 is 15.3 Å². The minimum absolute atomic E-state index is 0.00272. The lowest BCUT2D eigenvalue weighted by atomic mass is 9.98. The lowest BCUT2D eigenvalue weighted by molar-refractivity contribution is -0.134. The van der Waals surface area contributed by atoms with E-state index >= 15 is 0 Å². The normalized spacial score (nSPS) is 20.1. The van der Waals surface area contributed by atoms with Crippen LogP contribution in [-0.4, -0.2) is 72.2 Å². The van der Waals surface area contributed by atoms with Gasteiger partial charge in [0.2, 0.25) is 5.91 Å². The van der Waals surface area contributed by atoms with Crippen LogP contribution in [0.1, 0.15) is 34.1 Å². The van der Waals surface area contributed by atoms with Crippen molar-refractivity contribution in [1.82, 2.24) is 15.1 Å². The summed E-state index contributed by atoms with van der Waals surface area (Å²) in [7, 11) is 2.11. The molecule has 0 aromatic carbocycles. The second kappa shape index (κ2) is 7.38. The molecule has 0 spiro atoms. The van der Waals surface area contributed by atoms with Gasteiger partial charge in [0, 0.05) is 26.2 Å². The standard InChI is InChI=1S/C15H31N3O2/c1-12(2)10-13(11-19)16-14(20)15(3,4)18-8-6-17(5)7-9-18/h12-13,19H,6-11H2,1-5H3,(H,16,20). The summed E-state index contributed by atoms with van der Waals surface area (Å²) >= 11 is 0. The van der Waals surface area contributed by atoms with Gasteiger partial charge in [0.15, 0.2) is 0 Å². The number of aliphatic hydroxyl groups excluding tert-OH is 1. The van der Waals surface area contributed by atoms with Crippen molar-refractivity contribution < 1.29 is 9.90 Å². The van der Waals surface area contributed by atoms with Crippen molar-refractivity contribution in [1.29, 1.82) is 0 Å². The highest BCUT2D eigenvalue weighted by atomic mass is 16.3. The first-order chi connectivity index (χ1) is 9.27. The van der Waals surface area contributed by atoms with Crippen LogP contribution >= 0.6 is 0 Å². The topological polar surface area (TPSA) is 55.8 Å². The van der Waals surface area contributed by atoms with Gasteiger partial charge in [0.05, 0.1) is 18.2 Å². The molecule has 1 aliphatic rings. The molecular formula is C15H31N3O2. The van der Waals surface area contributed by atoms with Crippen molar-refractivity contribution in [2.75, 3.05) is 39.8 Å². The van der Waals surface area contributed by atoms with Crippen molar-refractivity contribution in [3.63, 3.8) is 0 Å². The van der Waals surface area contributed by atoms with Crippen molar-refractivity contribution in [2.45, 2.75) is 45.7 Å². The Morgan fingerprint density at radius 2 is 1.80 bits per heavy atom. The van der Waals surface area contributed by atoms with Gasteiger partial charge in [-0.2, -0.15) is 0 Å². The van der Waals surface area contributed by atoms with E-state index in [1.165, 1.54) is 0 Å². The van der Waals surface area contributed by atoms with Gasteiger partial charge in [-0.1, -0.05) is 13.8 Å². The number of nitrogens with one attached hydrogen (secondary N) is 1. The van der Waals surface area contributed by atoms with E-state index in [-0.39, 0.29) is 18.6 Å². The van der Waals surface area contributed by atoms with E-state index in [2.05, 4.69) is 36.0 Å². The number of piperazine rings is 1. The van der Waals surface area contributed by atoms with Crippen LogP contribution in [0, 0.1) is 5.92 Å². The Balaban J connectivity index is 2.59. The Morgan fingerprint density at radius 1 is 1.25 bits per heavy atom. The highest BCUT2D eigenvalue weighted by Gasteiger charge is 2.36. The molecular weight excluding hydrogens is 254 g/mol. The zero-order chi connectivity index (χ0) is 15.3. The van der Waals surface area contributed by atoms with E-state index < -0.39 is 5.54 Å². The molecule has 1 aliphatic heterocycles. The van der Waals surface area contributed by atoms with E-state index in [0.29, 0.717) is 5.92 Å². The van der Waals surface area contributed by atoms with Gasteiger partial charge in [-0.25, -0.2) is 0 Å². The maximum absolute atomic E-state index is 12.5. The molecule has 5 heteroatoms. The number of hydrogen-bond acceptors (Lipinski definition) is 4. The van der Waals surface area contributed by atoms with Crippen LogP contribution in [-0.2, 0) is 4.79 Å². The van der Waals surface area contributed by atoms with Crippen LogP contribution in [0.2, 0.25) is 0 Å². The highest BCUT2D eigenvalue weighted by molar-refractivity contribution is 5.85. The molecule has 0 bridgehead atoms. The van der Waals surface area contributed by atoms with Crippen molar-refractivity contribution >= 4 is 5.91 Å². The molecule has 20 heavy (non-hydrogen) atoms. The fraction of sp³-hybridized carbons (Fsp3) is 0.933. The minimum atomic E-state index is -0.522. The summed E-state index contributed by atoms with van der Waals surface area (Å²) in [4.78, 5) is 17.0. The molecule has 0 aromatic rings. The Bertz CT molecular complexity index is 310. The third-order valence-corrected chi connectivity index (χ3v) is 4.16. The smallest absolute Gasteiger partial charge is 0.240 e. The highest BCUT2D eigenvalue weighted by Crippen LogP contribution is 2.17. The number of carbonyl (C=O) groups is 1. The SMILES string of the molecule is CC(C)CC(CO)NC(=O)C(C)(C)N1CCN(C)CC1. The quantitative estimate of drug-likeness (QED) is 0.748. The van der Waals surface area contributed by atoms with E-state index in [1.807, 2.05) is 13.8 Å². The van der Waals surface area contributed by atoms with E-state index in [1.54, 1.807) is 0 Å². The van der Waals surface area contributed by atoms with Gasteiger partial charge in [0.25, 0.3) is 0 Å². The molecule has 0 aliphatic carbocycles. The number of nitrogens with zero attached hydrogens (tertiary/aromatic N) is 2. The molecule has 1 rings (SSSR count). The molecule has 1 fully saturated rings. The zero-order valence-electron chi connectivity index (χ0n) is 13.6. The molecule has 0 aromatic heterocycles. The maximum atomic E-state index is 12.5. The van der Waals surface area contributed by atoms with E-state index in [4.69, 9.17) is 0 Å². The first-order valence-corrected chi connectivity index (χ1v) is 7.62. The Labute approximate surface area is 123 Å². The second-order valence-electron chi connectivity index (χ2n) is 6.83. The first-order valence-electron chi connectivity index (χ1n) is 7.62. The molecule has 2 N–H and O–H groups in total. The minimum Gasteiger partial charge on any atom is -0.394 e. The second-order valence-corrected chi connectivity index (χ2v) is 6.83. The number of amides is 1. The molecule has 1 atom stereocenters. The van der Waals surface area contributed by atoms with Crippen molar-refractivity contribution in [2.24, 2.45) is 5.92 Å². The Hall–Kier alpha value is -0.650. The zero-order valence-corrected chi connectivity index (χ0v) is 13.6. The van der Waals surface area contributed by atoms with Gasteiger partial charge >= 0.3 is 0 Å². The number of carbonyl (C=O) groups excluding carboxylic acids is 1. The van der Waals surface area contributed by atoms with Crippen molar-refractivity contribution in [3.05, 3.63) is 0 Å². The van der Waals surface area contributed by atoms with Crippen LogP contribution in [0.3, 0.4) is 0 Å². The van der Waals surface area contributed by atoms with Crippen LogP contribution in [0.15, 0.2) is 0 Å². The Morgan fingerprint density at radius 3 is 2.25 bits per heavy atom. The van der Waals surface area contributed by atoms with Crippen LogP contribution in [0.5, 0.6) is 0 Å². The average molecular weight is 285 g/mol. The van der Waals surface area contributed by atoms with Gasteiger partial charge in [-0.15, -0.1) is 0 Å². The van der Waals surface area contributed by atoms with Gasteiger partial charge in [-0.05, 0) is 33.2 Å². The van der Waals surface area contributed by atoms with Crippen LogP contribution in [0.4, 0.5) is 0 Å². The number of aliphatic hydroxyl groups is 1. The molecule has 0 saturated carbocycles. The van der Waals surface area contributed by atoms with Crippen LogP contribution < -0.4 is 5.32 Å². The predicted molar refractivity (Wildman–Crippen MR) is 81.6 cm³/mol. The van der Waals surface area contributed by atoms with E-state index in [9.17, 15) is 9.90 Å². The third-order valence-electron chi connectivity index (χ3n) is 4.16. The Kier molecular flexibility index (Phi) is 6.43. The number of hydrogen-bond donors (Lipinski definition) is 2. The molecule has 118 valence electrons. The van der Waals surface area contributed by atoms with Gasteiger partial charge in [-0.3, -0.25) is 9.69 Å². The maximum Gasteiger partial charge on any atom is 0.240 e. The molecule has 5 nitrogen and oxygen atoms in total. The average Bonchev–Trinajstić information content (AvgIpc) is 2.37. The van der Waals surface area contributed by atoms with E-state index in [0.717, 1.165) is 32.6 Å². The summed E-state index contributed by atoms with van der Waals surface area (Å²) in [5, 5.41) is 12.4. The third kappa shape index (κ3) is 4.72. The molecule has 1 amide bonds. The summed E-state index contributed by atoms with van der Waals surface area (Å²) in [6.45, 7) is 11.9. The van der Waals surface area contributed by atoms with Gasteiger partial charge in [0.1, 0.15) is 0 Å². The number of rotatable bonds is 6. The largest absolute Gasteiger partial charge is 0.394 e. The lowest BCUT2D eigenvalue weighted by Crippen LogP contribution is -2.61. The monoisotopic (exact) mass is 285 g/mol. The number of likely N-dealkylation sites (N-methyl/N-ethyl adjacent to an activating group) is 1. The fourth-order valence-corrected chi connectivity index (χ4v) is 2.62. The molecule has 1 saturated heterocycles. The first kappa shape index (κ1) is 17.4. The molecule has 1 heterocycles. The molecule has 0 radical (unpaired) electrons. The summed E-state index contributed by atoms with van der Waals surface area (Å²) < 4.78 is 0. The van der Waals surface area contributed by atoms with Crippen molar-refractivity contribution in [3.8, 4) is 0 Å².